The fourth-order valence-corrected chi connectivity index (χ4v) is 2.97. The fourth-order valence-electron chi connectivity index (χ4n) is 2.74. The third-order valence-electron chi connectivity index (χ3n) is 3.89. The molecule has 1 N–H and O–H groups in total. The number of nitrogens with one attached hydrogen (secondary N) is 1. The van der Waals surface area contributed by atoms with Gasteiger partial charge in [0.1, 0.15) is 23.2 Å². The lowest BCUT2D eigenvalue weighted by molar-refractivity contribution is 0.415. The van der Waals surface area contributed by atoms with Gasteiger partial charge in [-0.25, -0.2) is 9.97 Å². The number of aromatic nitrogens is 3. The summed E-state index contributed by atoms with van der Waals surface area (Å²) >= 11 is 6.16. The van der Waals surface area contributed by atoms with Gasteiger partial charge in [0.25, 0.3) is 0 Å². The normalized spacial score (nSPS) is 10.9. The summed E-state index contributed by atoms with van der Waals surface area (Å²) in [5, 5.41) is 11.5. The molecule has 4 aromatic rings. The van der Waals surface area contributed by atoms with Crippen molar-refractivity contribution in [2.24, 2.45) is 0 Å². The van der Waals surface area contributed by atoms with Crippen molar-refractivity contribution >= 4 is 33.5 Å². The highest BCUT2D eigenvalue weighted by atomic mass is 35.5. The lowest BCUT2D eigenvalue weighted by Gasteiger charge is -2.06. The standard InChI is InChI=1S/C18H11ClN4O/c1-24-14-3-10(2-12(19)5-14)11-4-16-15-6-13(7-20)21-9-17(15)23-18(16)22-8-11/h2-6,8-9H,1H3,(H,22,23). The van der Waals surface area contributed by atoms with Gasteiger partial charge < -0.3 is 9.72 Å². The average Bonchev–Trinajstić information content (AvgIpc) is 2.98. The van der Waals surface area contributed by atoms with Crippen molar-refractivity contribution in [2.75, 3.05) is 7.11 Å². The summed E-state index contributed by atoms with van der Waals surface area (Å²) in [5.41, 5.74) is 3.80. The number of aromatic amines is 1. The zero-order valence-electron chi connectivity index (χ0n) is 12.7. The summed E-state index contributed by atoms with van der Waals surface area (Å²) in [6.45, 7) is 0. The van der Waals surface area contributed by atoms with Gasteiger partial charge in [0.2, 0.25) is 0 Å². The molecule has 4 rings (SSSR count). The molecule has 0 radical (unpaired) electrons. The number of nitriles is 1. The fraction of sp³-hybridized carbons (Fsp3) is 0.0556. The number of hydrogen-bond donors (Lipinski definition) is 1. The molecule has 0 spiro atoms. The van der Waals surface area contributed by atoms with Gasteiger partial charge >= 0.3 is 0 Å². The van der Waals surface area contributed by atoms with Crippen LogP contribution in [0, 0.1) is 11.3 Å². The van der Waals surface area contributed by atoms with Crippen molar-refractivity contribution in [3.05, 3.63) is 53.4 Å². The van der Waals surface area contributed by atoms with Crippen LogP contribution in [0.1, 0.15) is 5.69 Å². The molecule has 3 aromatic heterocycles. The maximum absolute atomic E-state index is 9.06. The first-order chi connectivity index (χ1) is 11.7. The number of ether oxygens (including phenoxy) is 1. The number of rotatable bonds is 2. The van der Waals surface area contributed by atoms with Crippen LogP contribution in [0.25, 0.3) is 33.1 Å². The van der Waals surface area contributed by atoms with Crippen LogP contribution >= 0.6 is 11.6 Å². The summed E-state index contributed by atoms with van der Waals surface area (Å²) in [4.78, 5) is 11.8. The van der Waals surface area contributed by atoms with Crippen LogP contribution < -0.4 is 4.74 Å². The summed E-state index contributed by atoms with van der Waals surface area (Å²) in [5.74, 6) is 0.687. The molecule has 5 nitrogen and oxygen atoms in total. The zero-order chi connectivity index (χ0) is 16.7. The van der Waals surface area contributed by atoms with E-state index >= 15 is 0 Å². The van der Waals surface area contributed by atoms with Gasteiger partial charge in [0.15, 0.2) is 0 Å². The monoisotopic (exact) mass is 334 g/mol. The summed E-state index contributed by atoms with van der Waals surface area (Å²) < 4.78 is 5.27. The second-order valence-electron chi connectivity index (χ2n) is 5.35. The van der Waals surface area contributed by atoms with E-state index in [1.54, 1.807) is 31.6 Å². The first-order valence-electron chi connectivity index (χ1n) is 7.20. The molecule has 0 aliphatic rings. The minimum Gasteiger partial charge on any atom is -0.497 e. The third-order valence-corrected chi connectivity index (χ3v) is 4.11. The number of hydrogen-bond acceptors (Lipinski definition) is 4. The Morgan fingerprint density at radius 2 is 1.92 bits per heavy atom. The number of benzene rings is 1. The van der Waals surface area contributed by atoms with Gasteiger partial charge in [0.05, 0.1) is 18.8 Å². The van der Waals surface area contributed by atoms with Crippen LogP contribution in [0.15, 0.2) is 42.7 Å². The molecule has 0 bridgehead atoms. The second kappa shape index (κ2) is 5.52. The van der Waals surface area contributed by atoms with Crippen LogP contribution in [0.4, 0.5) is 0 Å². The van der Waals surface area contributed by atoms with Crippen molar-refractivity contribution in [3.8, 4) is 22.9 Å². The van der Waals surface area contributed by atoms with Gasteiger partial charge in [-0.1, -0.05) is 11.6 Å². The minimum absolute atomic E-state index is 0.373. The van der Waals surface area contributed by atoms with Gasteiger partial charge in [0, 0.05) is 27.6 Å². The van der Waals surface area contributed by atoms with E-state index in [0.717, 1.165) is 33.1 Å². The van der Waals surface area contributed by atoms with Crippen molar-refractivity contribution < 1.29 is 4.74 Å². The van der Waals surface area contributed by atoms with Crippen LogP contribution in [0.3, 0.4) is 0 Å². The molecule has 3 heterocycles. The molecule has 0 atom stereocenters. The Morgan fingerprint density at radius 3 is 2.71 bits per heavy atom. The van der Waals surface area contributed by atoms with E-state index < -0.39 is 0 Å². The van der Waals surface area contributed by atoms with E-state index in [1.807, 2.05) is 18.2 Å². The van der Waals surface area contributed by atoms with Gasteiger partial charge in [-0.3, -0.25) is 0 Å². The van der Waals surface area contributed by atoms with Gasteiger partial charge in [-0.15, -0.1) is 0 Å². The first-order valence-corrected chi connectivity index (χ1v) is 7.58. The molecular formula is C18H11ClN4O. The molecule has 0 fully saturated rings. The highest BCUT2D eigenvalue weighted by Gasteiger charge is 2.10. The van der Waals surface area contributed by atoms with Crippen LogP contribution in [-0.2, 0) is 0 Å². The van der Waals surface area contributed by atoms with E-state index in [-0.39, 0.29) is 0 Å². The number of methoxy groups -OCH3 is 1. The summed E-state index contributed by atoms with van der Waals surface area (Å²) in [6.07, 6.45) is 3.43. The molecule has 0 unspecified atom stereocenters. The maximum atomic E-state index is 9.06. The molecule has 6 heteroatoms. The highest BCUT2D eigenvalue weighted by molar-refractivity contribution is 6.31. The van der Waals surface area contributed by atoms with Crippen LogP contribution in [-0.4, -0.2) is 22.1 Å². The number of pyridine rings is 2. The Kier molecular flexibility index (Phi) is 3.33. The van der Waals surface area contributed by atoms with Gasteiger partial charge in [-0.2, -0.15) is 5.26 Å². The number of halogens is 1. The lowest BCUT2D eigenvalue weighted by Crippen LogP contribution is -1.86. The molecule has 0 saturated heterocycles. The Hall–Kier alpha value is -3.10. The Bertz CT molecular complexity index is 1130. The number of fused-ring (bicyclic) bond motifs is 3. The lowest BCUT2D eigenvalue weighted by atomic mass is 10.1. The third kappa shape index (κ3) is 2.34. The first kappa shape index (κ1) is 14.5. The van der Waals surface area contributed by atoms with Crippen LogP contribution in [0.2, 0.25) is 5.02 Å². The SMILES string of the molecule is COc1cc(Cl)cc(-c2cnc3[nH]c4cnc(C#N)cc4c3c2)c1. The van der Waals surface area contributed by atoms with E-state index in [1.165, 1.54) is 0 Å². The molecular weight excluding hydrogens is 324 g/mol. The van der Waals surface area contributed by atoms with E-state index in [2.05, 4.69) is 21.0 Å². The molecule has 0 saturated carbocycles. The minimum atomic E-state index is 0.373. The molecule has 1 aromatic carbocycles. The summed E-state index contributed by atoms with van der Waals surface area (Å²) in [6, 6.07) is 11.4. The summed E-state index contributed by atoms with van der Waals surface area (Å²) in [7, 11) is 1.60. The van der Waals surface area contributed by atoms with Crippen molar-refractivity contribution in [3.63, 3.8) is 0 Å². The maximum Gasteiger partial charge on any atom is 0.141 e. The van der Waals surface area contributed by atoms with Crippen LogP contribution in [0.5, 0.6) is 5.75 Å². The van der Waals surface area contributed by atoms with Crippen molar-refractivity contribution in [2.45, 2.75) is 0 Å². The molecule has 24 heavy (non-hydrogen) atoms. The van der Waals surface area contributed by atoms with E-state index in [4.69, 9.17) is 21.6 Å². The van der Waals surface area contributed by atoms with Crippen molar-refractivity contribution in [1.82, 2.24) is 15.0 Å². The number of H-pyrrole nitrogens is 1. The smallest absolute Gasteiger partial charge is 0.141 e. The predicted octanol–water partition coefficient (Wildman–Crippen LogP) is 4.31. The van der Waals surface area contributed by atoms with E-state index in [9.17, 15) is 0 Å². The topological polar surface area (TPSA) is 74.6 Å². The molecule has 116 valence electrons. The molecule has 0 aliphatic carbocycles. The Morgan fingerprint density at radius 1 is 1.04 bits per heavy atom. The highest BCUT2D eigenvalue weighted by Crippen LogP contribution is 2.32. The molecule has 0 amide bonds. The van der Waals surface area contributed by atoms with Gasteiger partial charge in [-0.05, 0) is 35.9 Å². The predicted molar refractivity (Wildman–Crippen MR) is 93.1 cm³/mol. The van der Waals surface area contributed by atoms with E-state index in [0.29, 0.717) is 16.5 Å². The second-order valence-corrected chi connectivity index (χ2v) is 5.79. The number of nitrogens with zero attached hydrogens (tertiary/aromatic N) is 3. The van der Waals surface area contributed by atoms with Crippen molar-refractivity contribution in [1.29, 1.82) is 5.26 Å². The quantitative estimate of drug-likeness (QED) is 0.592. The average molecular weight is 335 g/mol. The largest absolute Gasteiger partial charge is 0.497 e. The molecule has 0 aliphatic heterocycles. The zero-order valence-corrected chi connectivity index (χ0v) is 13.4. The Balaban J connectivity index is 1.96. The Labute approximate surface area is 142 Å².